The highest BCUT2D eigenvalue weighted by Crippen LogP contribution is 2.28. The maximum Gasteiger partial charge on any atom is 0.191 e. The molecule has 2 N–H and O–H groups in total. The van der Waals surface area contributed by atoms with Gasteiger partial charge in [0.1, 0.15) is 0 Å². The number of aryl methyl sites for hydroxylation is 1. The van der Waals surface area contributed by atoms with Crippen LogP contribution < -0.4 is 25.0 Å². The summed E-state index contributed by atoms with van der Waals surface area (Å²) < 4.78 is 11.0. The molecule has 9 heteroatoms. The first-order valence-corrected chi connectivity index (χ1v) is 10.9. The molecule has 0 atom stereocenters. The number of nitrogens with zero attached hydrogens (tertiary/aromatic N) is 3. The van der Waals surface area contributed by atoms with Crippen LogP contribution in [0.4, 0.5) is 5.13 Å². The number of rotatable bonds is 11. The number of guanidine groups is 1. The molecule has 0 bridgehead atoms. The van der Waals surface area contributed by atoms with E-state index in [0.29, 0.717) is 13.2 Å². The Balaban J connectivity index is 0.00000450. The molecule has 30 heavy (non-hydrogen) atoms. The average Bonchev–Trinajstić information content (AvgIpc) is 3.19. The largest absolute Gasteiger partial charge is 0.493 e. The molecule has 0 saturated carbocycles. The fraction of sp³-hybridized carbons (Fsp3) is 0.524. The van der Waals surface area contributed by atoms with E-state index in [4.69, 9.17) is 9.47 Å². The van der Waals surface area contributed by atoms with Gasteiger partial charge in [-0.3, -0.25) is 0 Å². The zero-order valence-electron chi connectivity index (χ0n) is 18.5. The van der Waals surface area contributed by atoms with Gasteiger partial charge in [0.25, 0.3) is 0 Å². The number of halogens is 1. The average molecular weight is 548 g/mol. The molecule has 0 fully saturated rings. The molecule has 1 aromatic carbocycles. The van der Waals surface area contributed by atoms with Gasteiger partial charge in [-0.25, -0.2) is 9.98 Å². The summed E-state index contributed by atoms with van der Waals surface area (Å²) in [6.07, 6.45) is 1.94. The number of nitrogens with one attached hydrogen (secondary N) is 2. The van der Waals surface area contributed by atoms with Crippen LogP contribution in [0.1, 0.15) is 31.5 Å². The lowest BCUT2D eigenvalue weighted by molar-refractivity contribution is 0.310. The molecule has 0 spiro atoms. The minimum absolute atomic E-state index is 0. The topological polar surface area (TPSA) is 71.0 Å². The van der Waals surface area contributed by atoms with E-state index in [1.54, 1.807) is 18.4 Å². The van der Waals surface area contributed by atoms with Crippen molar-refractivity contribution in [1.82, 2.24) is 15.6 Å². The Hall–Kier alpha value is -1.75. The van der Waals surface area contributed by atoms with Crippen LogP contribution in [0.5, 0.6) is 11.5 Å². The zero-order chi connectivity index (χ0) is 21.1. The molecule has 2 aromatic rings. The predicted molar refractivity (Wildman–Crippen MR) is 137 cm³/mol. The second-order valence-electron chi connectivity index (χ2n) is 6.66. The number of methoxy groups -OCH3 is 1. The van der Waals surface area contributed by atoms with Crippen LogP contribution in [0.15, 0.2) is 28.6 Å². The fourth-order valence-corrected chi connectivity index (χ4v) is 3.47. The van der Waals surface area contributed by atoms with E-state index in [-0.39, 0.29) is 24.0 Å². The zero-order valence-corrected chi connectivity index (χ0v) is 21.7. The third-order valence-corrected chi connectivity index (χ3v) is 5.19. The van der Waals surface area contributed by atoms with E-state index in [1.807, 2.05) is 32.0 Å². The van der Waals surface area contributed by atoms with Gasteiger partial charge in [-0.2, -0.15) is 0 Å². The van der Waals surface area contributed by atoms with E-state index in [1.165, 1.54) is 5.56 Å². The molecule has 0 saturated heterocycles. The molecule has 0 unspecified atom stereocenters. The second kappa shape index (κ2) is 14.3. The first kappa shape index (κ1) is 26.3. The predicted octanol–water partition coefficient (Wildman–Crippen LogP) is 3.92. The summed E-state index contributed by atoms with van der Waals surface area (Å²) in [7, 11) is 5.66. The number of thiazole rings is 1. The lowest BCUT2D eigenvalue weighted by atomic mass is 10.1. The normalized spacial score (nSPS) is 10.9. The monoisotopic (exact) mass is 547 g/mol. The van der Waals surface area contributed by atoms with Crippen LogP contribution >= 0.6 is 35.3 Å². The summed E-state index contributed by atoms with van der Waals surface area (Å²) in [5.74, 6) is 2.39. The van der Waals surface area contributed by atoms with Gasteiger partial charge in [-0.05, 0) is 44.4 Å². The summed E-state index contributed by atoms with van der Waals surface area (Å²) in [5, 5.41) is 9.75. The highest BCUT2D eigenvalue weighted by atomic mass is 127. The van der Waals surface area contributed by atoms with Crippen LogP contribution in [-0.2, 0) is 13.0 Å². The van der Waals surface area contributed by atoms with Gasteiger partial charge in [-0.15, -0.1) is 35.3 Å². The molecule has 0 aliphatic carbocycles. The second-order valence-corrected chi connectivity index (χ2v) is 7.50. The van der Waals surface area contributed by atoms with E-state index < -0.39 is 0 Å². The van der Waals surface area contributed by atoms with Gasteiger partial charge < -0.3 is 25.0 Å². The quantitative estimate of drug-likeness (QED) is 0.192. The van der Waals surface area contributed by atoms with E-state index in [9.17, 15) is 0 Å². The van der Waals surface area contributed by atoms with Crippen molar-refractivity contribution in [2.24, 2.45) is 4.99 Å². The van der Waals surface area contributed by atoms with Gasteiger partial charge in [0.2, 0.25) is 0 Å². The summed E-state index contributed by atoms with van der Waals surface area (Å²) in [6, 6.07) is 6.12. The minimum atomic E-state index is 0. The molecular weight excluding hydrogens is 513 g/mol. The Morgan fingerprint density at radius 1 is 1.20 bits per heavy atom. The molecule has 0 aliphatic rings. The van der Waals surface area contributed by atoms with Gasteiger partial charge >= 0.3 is 0 Å². The highest BCUT2D eigenvalue weighted by Gasteiger charge is 2.06. The van der Waals surface area contributed by atoms with E-state index in [2.05, 4.69) is 45.0 Å². The lowest BCUT2D eigenvalue weighted by Crippen LogP contribution is -2.37. The van der Waals surface area contributed by atoms with E-state index >= 15 is 0 Å². The van der Waals surface area contributed by atoms with Crippen molar-refractivity contribution in [3.8, 4) is 11.5 Å². The third kappa shape index (κ3) is 8.55. The summed E-state index contributed by atoms with van der Waals surface area (Å²) in [6.45, 7) is 6.89. The minimum Gasteiger partial charge on any atom is -0.493 e. The van der Waals surface area contributed by atoms with Gasteiger partial charge in [0.05, 0.1) is 26.0 Å². The van der Waals surface area contributed by atoms with Crippen molar-refractivity contribution >= 4 is 46.4 Å². The molecule has 0 radical (unpaired) electrons. The smallest absolute Gasteiger partial charge is 0.191 e. The molecule has 168 valence electrons. The van der Waals surface area contributed by atoms with Crippen LogP contribution in [0.3, 0.4) is 0 Å². The highest BCUT2D eigenvalue weighted by molar-refractivity contribution is 14.0. The number of aromatic nitrogens is 1. The van der Waals surface area contributed by atoms with Crippen LogP contribution in [0.25, 0.3) is 0 Å². The number of benzene rings is 1. The molecule has 0 amide bonds. The first-order chi connectivity index (χ1) is 14.1. The van der Waals surface area contributed by atoms with Crippen molar-refractivity contribution < 1.29 is 9.47 Å². The molecule has 1 heterocycles. The van der Waals surface area contributed by atoms with Gasteiger partial charge in [0.15, 0.2) is 22.6 Å². The van der Waals surface area contributed by atoms with Crippen LogP contribution in [-0.4, -0.2) is 51.8 Å². The molecule has 2 rings (SSSR count). The number of anilines is 1. The number of hydrogen-bond donors (Lipinski definition) is 2. The number of ether oxygens (including phenoxy) is 2. The lowest BCUT2D eigenvalue weighted by Gasteiger charge is -2.12. The van der Waals surface area contributed by atoms with Crippen molar-refractivity contribution in [3.63, 3.8) is 0 Å². The van der Waals surface area contributed by atoms with Gasteiger partial charge in [-0.1, -0.05) is 6.07 Å². The molecular formula is C21H34IN5O2S. The van der Waals surface area contributed by atoms with Crippen molar-refractivity contribution in [3.05, 3.63) is 34.8 Å². The SMILES string of the molecule is CCNC(=NCc1csc(N(C)C)n1)NCCCc1ccc(OC)c(OCC)c1.I. The Bertz CT molecular complexity index is 783. The van der Waals surface area contributed by atoms with Crippen LogP contribution in [0, 0.1) is 0 Å². The Morgan fingerprint density at radius 2 is 2.00 bits per heavy atom. The van der Waals surface area contributed by atoms with Gasteiger partial charge in [0, 0.05) is 32.6 Å². The molecule has 0 aliphatic heterocycles. The Labute approximate surface area is 201 Å². The van der Waals surface area contributed by atoms with Crippen molar-refractivity contribution in [2.45, 2.75) is 33.2 Å². The number of hydrogen-bond acceptors (Lipinski definition) is 6. The van der Waals surface area contributed by atoms with Crippen molar-refractivity contribution in [2.75, 3.05) is 45.8 Å². The third-order valence-electron chi connectivity index (χ3n) is 4.13. The van der Waals surface area contributed by atoms with Crippen molar-refractivity contribution in [1.29, 1.82) is 0 Å². The standard InChI is InChI=1S/C21H33N5O2S.HI/c1-6-22-20(24-14-17-15-29-21(25-17)26(3)4)23-12-8-9-16-10-11-18(27-5)19(13-16)28-7-2;/h10-11,13,15H,6-9,12,14H2,1-5H3,(H2,22,23,24);1H. The van der Waals surface area contributed by atoms with E-state index in [0.717, 1.165) is 54.2 Å². The Morgan fingerprint density at radius 3 is 2.63 bits per heavy atom. The molecule has 7 nitrogen and oxygen atoms in total. The van der Waals surface area contributed by atoms with Crippen LogP contribution in [0.2, 0.25) is 0 Å². The summed E-state index contributed by atoms with van der Waals surface area (Å²) >= 11 is 1.63. The summed E-state index contributed by atoms with van der Waals surface area (Å²) in [5.41, 5.74) is 2.22. The first-order valence-electron chi connectivity index (χ1n) is 10.0. The maximum absolute atomic E-state index is 5.66. The number of aliphatic imine (C=N–C) groups is 1. The summed E-state index contributed by atoms with van der Waals surface area (Å²) in [4.78, 5) is 11.2. The molecule has 1 aromatic heterocycles. The maximum atomic E-state index is 5.66. The Kier molecular flexibility index (Phi) is 12.5. The fourth-order valence-electron chi connectivity index (χ4n) is 2.72.